The lowest BCUT2D eigenvalue weighted by atomic mass is 9.88. The Morgan fingerprint density at radius 1 is 0.475 bits per heavy atom. The van der Waals surface area contributed by atoms with E-state index in [4.69, 9.17) is 5.73 Å². The minimum Gasteiger partial charge on any atom is -0.481 e. The quantitative estimate of drug-likeness (QED) is 0.0402. The molecule has 4 aromatic carbocycles. The van der Waals surface area contributed by atoms with Gasteiger partial charge in [0.15, 0.2) is 5.78 Å². The predicted molar refractivity (Wildman–Crippen MR) is 435 cm³/mol. The van der Waals surface area contributed by atoms with Gasteiger partial charge in [-0.2, -0.15) is 0 Å². The maximum Gasteiger partial charge on any atom is 0.305 e. The number of Topliss-reactive ketones (excluding diaryl/α,β-unsaturated/α-hetero) is 1. The Bertz CT molecular complexity index is 4290. The van der Waals surface area contributed by atoms with Gasteiger partial charge < -0.3 is 104 Å². The number of hydrogen-bond donors (Lipinski definition) is 17. The number of aliphatic carboxylic acids is 2. The molecule has 0 saturated carbocycles. The highest BCUT2D eigenvalue weighted by Crippen LogP contribution is 2.26. The second-order valence-electron chi connectivity index (χ2n) is 31.2. The van der Waals surface area contributed by atoms with Crippen LogP contribution >= 0.6 is 11.8 Å². The SMILES string of the molecule is CC(C)[C@@H]1NC(=O)[C@H](Cc2ccccc2)NC(=O)CSC[C@@H](C(=O)CC(C)(C)C)NC(=O)[C@@H]2CCCN2C(=O)[C@H](CO)NC(=O)[C@H](CC(N)=O)NC(=O)[C@H](CCC(=O)O)N(C)C(=O)[C@H](Cc2ccc(-c3ccccc3)cc2)NC(=O)[C@H](Cc2ccccc2)N(C)C(=O)[C@H](CO)NC(=O)[C@H]([C@@H](C)O)NC(=O)[C@H]([C@@H](C)O)NC(=O)[C@H](CC(=O)O)NC1=O. The van der Waals surface area contributed by atoms with E-state index in [0.29, 0.717) is 16.7 Å². The number of benzene rings is 4. The number of likely N-dealkylation sites (N-methyl/N-ethyl adjacent to an activating group) is 2. The van der Waals surface area contributed by atoms with Crippen LogP contribution in [-0.4, -0.2) is 282 Å². The van der Waals surface area contributed by atoms with Gasteiger partial charge in [-0.3, -0.25) is 81.5 Å². The summed E-state index contributed by atoms with van der Waals surface area (Å²) in [5, 5.41) is 88.0. The topological polar surface area (TPSA) is 568 Å². The number of amides is 14. The average Bonchev–Trinajstić information content (AvgIpc) is 1.44. The molecule has 0 aromatic heterocycles. The molecule has 38 heteroatoms. The molecule has 0 aliphatic carbocycles. The lowest BCUT2D eigenvalue weighted by molar-refractivity contribution is -0.146. The molecule has 0 spiro atoms. The van der Waals surface area contributed by atoms with Crippen LogP contribution in [0.1, 0.15) is 110 Å². The first-order valence-corrected chi connectivity index (χ1v) is 40.3. The summed E-state index contributed by atoms with van der Waals surface area (Å²) in [7, 11) is 2.17. The Morgan fingerprint density at radius 3 is 1.45 bits per heavy atom. The number of carboxylic acids is 2. The van der Waals surface area contributed by atoms with Crippen molar-refractivity contribution in [1.29, 1.82) is 0 Å². The van der Waals surface area contributed by atoms with Crippen molar-refractivity contribution in [2.24, 2.45) is 17.1 Å². The number of nitrogens with one attached hydrogen (secondary N) is 10. The fraction of sp³-hybridized carbons (Fsp3) is 0.500. The molecule has 120 heavy (non-hydrogen) atoms. The number of hydrogen-bond acceptors (Lipinski definition) is 22. The molecule has 0 radical (unpaired) electrons. The lowest BCUT2D eigenvalue weighted by Gasteiger charge is -2.34. The predicted octanol–water partition coefficient (Wildman–Crippen LogP) is -2.76. The van der Waals surface area contributed by atoms with Gasteiger partial charge in [-0.15, -0.1) is 11.8 Å². The van der Waals surface area contributed by atoms with Crippen LogP contribution in [0.2, 0.25) is 0 Å². The highest BCUT2D eigenvalue weighted by atomic mass is 32.2. The minimum absolute atomic E-state index is 0.00875. The van der Waals surface area contributed by atoms with Crippen molar-refractivity contribution < 1.29 is 112 Å². The van der Waals surface area contributed by atoms with E-state index >= 15 is 9.59 Å². The van der Waals surface area contributed by atoms with Gasteiger partial charge in [0.05, 0.1) is 50.1 Å². The number of nitrogens with zero attached hydrogens (tertiary/aromatic N) is 3. The van der Waals surface area contributed by atoms with Crippen molar-refractivity contribution in [3.63, 3.8) is 0 Å². The standard InChI is InChI=1S/C82H110N14O23S/c1-44(2)67-76(114)86-54(38-66(106)107)72(110)92-69(46(4)100)78(116)93-68(45(3)99)77(115)89-56(40-97)80(118)95(9)61(36-48-22-15-11-16-23-48)75(113)87-55(35-49-27-29-51(30-28-49)50-24-17-12-18-25-50)79(117)94(8)59(31-32-65(104)105)73(111)85-53(37-63(83)102)70(108)88-57(41-98)81(119)96-33-19-26-60(96)74(112)90-58(62(101)39-82(5,6)7)42-120-43-64(103)84-52(71(109)91-67)34-47-20-13-10-14-21-47/h10-18,20-25,27-30,44-46,52-61,67-69,97-100H,19,26,31-43H2,1-9H3,(H2,83,102)(H,84,103)(H,85,111)(H,86,114)(H,87,113)(H,88,108)(H,89,115)(H,90,112)(H,91,109)(H,92,110)(H,93,116)(H,104,105)(H,106,107)/t45-,46-,52+,53+,54+,55+,56+,57+,58+,59+,60+,61+,67+,68+,69+/m1/s1. The molecule has 18 N–H and O–H groups in total. The number of nitrogens with two attached hydrogens (primary N) is 1. The highest BCUT2D eigenvalue weighted by Gasteiger charge is 2.44. The number of aliphatic hydroxyl groups is 4. The van der Waals surface area contributed by atoms with Gasteiger partial charge in [0, 0.05) is 58.5 Å². The third-order valence-corrected chi connectivity index (χ3v) is 21.0. The Balaban J connectivity index is 1.45. The zero-order chi connectivity index (χ0) is 89.0. The van der Waals surface area contributed by atoms with E-state index < -0.39 is 254 Å². The summed E-state index contributed by atoms with van der Waals surface area (Å²) < 4.78 is 0. The largest absolute Gasteiger partial charge is 0.481 e. The fourth-order valence-corrected chi connectivity index (χ4v) is 14.4. The molecule has 2 saturated heterocycles. The Labute approximate surface area is 698 Å². The summed E-state index contributed by atoms with van der Waals surface area (Å²) in [6.45, 7) is 7.73. The normalized spacial score (nSPS) is 24.8. The van der Waals surface area contributed by atoms with E-state index in [1.165, 1.54) is 13.8 Å². The molecule has 2 aliphatic rings. The number of thioether (sulfide) groups is 1. The first kappa shape index (κ1) is 97.1. The number of aliphatic hydroxyl groups excluding tert-OH is 4. The van der Waals surface area contributed by atoms with Gasteiger partial charge in [-0.05, 0) is 72.3 Å². The van der Waals surface area contributed by atoms with Crippen molar-refractivity contribution in [3.05, 3.63) is 132 Å². The summed E-state index contributed by atoms with van der Waals surface area (Å²) in [4.78, 5) is 244. The van der Waals surface area contributed by atoms with Crippen molar-refractivity contribution in [2.75, 3.05) is 45.4 Å². The highest BCUT2D eigenvalue weighted by molar-refractivity contribution is 8.00. The van der Waals surface area contributed by atoms with Crippen LogP contribution in [0.25, 0.3) is 11.1 Å². The van der Waals surface area contributed by atoms with Gasteiger partial charge in [0.1, 0.15) is 72.5 Å². The maximum atomic E-state index is 15.5. The number of rotatable bonds is 21. The summed E-state index contributed by atoms with van der Waals surface area (Å²) >= 11 is 0.865. The first-order valence-electron chi connectivity index (χ1n) is 39.1. The third kappa shape index (κ3) is 29.4. The molecule has 2 fully saturated rings. The number of carboxylic acid groups (broad SMARTS) is 2. The van der Waals surface area contributed by atoms with Gasteiger partial charge >= 0.3 is 11.9 Å². The van der Waals surface area contributed by atoms with Gasteiger partial charge in [-0.25, -0.2) is 0 Å². The van der Waals surface area contributed by atoms with Crippen LogP contribution in [-0.2, 0) is 101 Å². The van der Waals surface area contributed by atoms with Crippen LogP contribution in [0.4, 0.5) is 0 Å². The molecule has 0 unspecified atom stereocenters. The molecule has 4 aromatic rings. The second-order valence-corrected chi connectivity index (χ2v) is 32.3. The van der Waals surface area contributed by atoms with Crippen LogP contribution < -0.4 is 58.9 Å². The van der Waals surface area contributed by atoms with Crippen LogP contribution in [0.3, 0.4) is 0 Å². The smallest absolute Gasteiger partial charge is 0.305 e. The van der Waals surface area contributed by atoms with E-state index in [2.05, 4.69) is 53.2 Å². The van der Waals surface area contributed by atoms with E-state index in [1.807, 2.05) is 12.1 Å². The summed E-state index contributed by atoms with van der Waals surface area (Å²) in [5.74, 6) is -21.4. The zero-order valence-electron chi connectivity index (χ0n) is 68.3. The van der Waals surface area contributed by atoms with Gasteiger partial charge in [0.2, 0.25) is 82.7 Å². The molecule has 15 atom stereocenters. The van der Waals surface area contributed by atoms with E-state index in [0.717, 1.165) is 65.5 Å². The molecule has 2 aliphatic heterocycles. The van der Waals surface area contributed by atoms with E-state index in [9.17, 15) is 103 Å². The van der Waals surface area contributed by atoms with Crippen LogP contribution in [0.5, 0.6) is 0 Å². The molecule has 0 bridgehead atoms. The maximum absolute atomic E-state index is 15.5. The third-order valence-electron chi connectivity index (χ3n) is 20.0. The van der Waals surface area contributed by atoms with E-state index in [-0.39, 0.29) is 44.4 Å². The van der Waals surface area contributed by atoms with Crippen LogP contribution in [0, 0.1) is 11.3 Å². The average molecular weight is 1690 g/mol. The number of carbonyl (C=O) groups is 17. The summed E-state index contributed by atoms with van der Waals surface area (Å²) in [6.07, 6.45) is -8.44. The molecule has 14 amide bonds. The number of primary amides is 1. The molecule has 2 heterocycles. The second kappa shape index (κ2) is 46.0. The molecule has 652 valence electrons. The zero-order valence-corrected chi connectivity index (χ0v) is 69.1. The van der Waals surface area contributed by atoms with Crippen molar-refractivity contribution in [2.45, 2.75) is 203 Å². The monoisotopic (exact) mass is 1690 g/mol. The molecular weight excluding hydrogens is 1580 g/mol. The van der Waals surface area contributed by atoms with E-state index in [1.54, 1.807) is 124 Å². The van der Waals surface area contributed by atoms with Gasteiger partial charge in [0.25, 0.3) is 0 Å². The summed E-state index contributed by atoms with van der Waals surface area (Å²) in [6, 6.07) is 8.57. The Kier molecular flexibility index (Phi) is 37.2. The van der Waals surface area contributed by atoms with Crippen molar-refractivity contribution in [1.82, 2.24) is 67.9 Å². The van der Waals surface area contributed by atoms with Crippen molar-refractivity contribution >= 4 is 112 Å². The first-order chi connectivity index (χ1) is 56.6. The molecule has 6 rings (SSSR count). The van der Waals surface area contributed by atoms with Crippen LogP contribution in [0.15, 0.2) is 115 Å². The molecular formula is C82H110N14O23S. The number of ketones is 1. The Hall–Kier alpha value is -11.7. The summed E-state index contributed by atoms with van der Waals surface area (Å²) in [5.41, 5.74) is 7.78. The number of fused-ring (bicyclic) bond motifs is 1. The van der Waals surface area contributed by atoms with Crippen molar-refractivity contribution in [3.8, 4) is 11.1 Å². The lowest BCUT2D eigenvalue weighted by Crippen LogP contribution is -2.64. The number of carbonyl (C=O) groups excluding carboxylic acids is 15. The Morgan fingerprint density at radius 2 is 0.908 bits per heavy atom. The minimum atomic E-state index is -2.13. The molecule has 37 nitrogen and oxygen atoms in total. The fourth-order valence-electron chi connectivity index (χ4n) is 13.5. The van der Waals surface area contributed by atoms with Gasteiger partial charge in [-0.1, -0.05) is 150 Å².